The molecule has 8 heteroatoms. The van der Waals surface area contributed by atoms with Crippen molar-refractivity contribution in [1.82, 2.24) is 20.7 Å². The lowest BCUT2D eigenvalue weighted by Crippen LogP contribution is -2.47. The average Bonchev–Trinajstić information content (AvgIpc) is 3.31. The van der Waals surface area contributed by atoms with Crippen molar-refractivity contribution in [3.8, 4) is 0 Å². The van der Waals surface area contributed by atoms with Crippen molar-refractivity contribution < 1.29 is 18.8 Å². The molecule has 1 saturated heterocycles. The molecule has 2 aliphatic carbocycles. The number of nitrogens with one attached hydrogen (secondary N) is 2. The second-order valence-electron chi connectivity index (χ2n) is 7.78. The molecule has 1 saturated carbocycles. The van der Waals surface area contributed by atoms with Crippen molar-refractivity contribution in [2.75, 3.05) is 32.8 Å². The predicted octanol–water partition coefficient (Wildman–Crippen LogP) is 0.653. The Morgan fingerprint density at radius 1 is 1.07 bits per heavy atom. The van der Waals surface area contributed by atoms with Crippen LogP contribution in [0.2, 0.25) is 0 Å². The number of hydrogen-bond donors (Lipinski definition) is 2. The van der Waals surface area contributed by atoms with Crippen LogP contribution in [0, 0.1) is 0 Å². The monoisotopic (exact) mass is 376 g/mol. The minimum atomic E-state index is -0.146. The Labute approximate surface area is 159 Å². The highest BCUT2D eigenvalue weighted by Crippen LogP contribution is 2.25. The van der Waals surface area contributed by atoms with Gasteiger partial charge in [0.15, 0.2) is 5.69 Å². The van der Waals surface area contributed by atoms with Gasteiger partial charge in [0.2, 0.25) is 5.91 Å². The zero-order valence-electron chi connectivity index (χ0n) is 15.7. The minimum Gasteiger partial charge on any atom is -0.379 e. The summed E-state index contributed by atoms with van der Waals surface area (Å²) in [5.74, 6) is 0.663. The van der Waals surface area contributed by atoms with Crippen LogP contribution in [0.3, 0.4) is 0 Å². The normalized spacial score (nSPS) is 23.8. The average molecular weight is 376 g/mol. The van der Waals surface area contributed by atoms with Crippen molar-refractivity contribution in [3.63, 3.8) is 0 Å². The van der Waals surface area contributed by atoms with Crippen molar-refractivity contribution in [1.29, 1.82) is 0 Å². The van der Waals surface area contributed by atoms with Crippen LogP contribution in [0.4, 0.5) is 0 Å². The van der Waals surface area contributed by atoms with E-state index in [0.29, 0.717) is 38.3 Å². The Morgan fingerprint density at radius 2 is 1.85 bits per heavy atom. The first-order chi connectivity index (χ1) is 13.2. The molecule has 2 N–H and O–H groups in total. The number of carbonyl (C=O) groups is 2. The highest BCUT2D eigenvalue weighted by atomic mass is 16.5. The number of ether oxygens (including phenoxy) is 1. The number of hydrogen-bond acceptors (Lipinski definition) is 6. The Hall–Kier alpha value is -1.93. The number of aryl methyl sites for hydroxylation is 1. The van der Waals surface area contributed by atoms with Gasteiger partial charge in [-0.15, -0.1) is 0 Å². The van der Waals surface area contributed by atoms with E-state index in [9.17, 15) is 9.59 Å². The molecule has 2 amide bonds. The molecule has 1 unspecified atom stereocenters. The molecule has 0 aromatic carbocycles. The molecule has 4 rings (SSSR count). The predicted molar refractivity (Wildman–Crippen MR) is 97.4 cm³/mol. The first-order valence-corrected chi connectivity index (χ1v) is 10.1. The van der Waals surface area contributed by atoms with Crippen LogP contribution < -0.4 is 10.6 Å². The van der Waals surface area contributed by atoms with Gasteiger partial charge in [0, 0.05) is 37.2 Å². The molecule has 148 valence electrons. The van der Waals surface area contributed by atoms with Crippen molar-refractivity contribution in [3.05, 3.63) is 17.0 Å². The van der Waals surface area contributed by atoms with E-state index in [1.807, 2.05) is 0 Å². The Morgan fingerprint density at radius 3 is 2.63 bits per heavy atom. The molecule has 1 aromatic rings. The summed E-state index contributed by atoms with van der Waals surface area (Å²) in [6, 6.07) is 0.265. The van der Waals surface area contributed by atoms with Crippen LogP contribution in [-0.4, -0.2) is 66.8 Å². The van der Waals surface area contributed by atoms with Crippen LogP contribution >= 0.6 is 0 Å². The molecule has 2 fully saturated rings. The number of fused-ring (bicyclic) bond motifs is 1. The van der Waals surface area contributed by atoms with Gasteiger partial charge in [-0.25, -0.2) is 0 Å². The lowest BCUT2D eigenvalue weighted by Gasteiger charge is -2.28. The zero-order valence-corrected chi connectivity index (χ0v) is 15.7. The molecule has 3 aliphatic rings. The van der Waals surface area contributed by atoms with Crippen LogP contribution in [0.15, 0.2) is 4.52 Å². The fraction of sp³-hybridized carbons (Fsp3) is 0.737. The van der Waals surface area contributed by atoms with Gasteiger partial charge in [0.05, 0.1) is 19.8 Å². The zero-order chi connectivity index (χ0) is 18.6. The Balaban J connectivity index is 1.33. The molecule has 27 heavy (non-hydrogen) atoms. The maximum absolute atomic E-state index is 12.6. The third-order valence-electron chi connectivity index (χ3n) is 5.78. The summed E-state index contributed by atoms with van der Waals surface area (Å²) in [5, 5.41) is 10.2. The lowest BCUT2D eigenvalue weighted by atomic mass is 9.91. The molecule has 0 spiro atoms. The van der Waals surface area contributed by atoms with Gasteiger partial charge < -0.3 is 19.9 Å². The third-order valence-corrected chi connectivity index (χ3v) is 5.78. The summed E-state index contributed by atoms with van der Waals surface area (Å²) in [6.07, 6.45) is 6.50. The first kappa shape index (κ1) is 18.4. The fourth-order valence-electron chi connectivity index (χ4n) is 4.27. The van der Waals surface area contributed by atoms with Gasteiger partial charge in [0.25, 0.3) is 5.91 Å². The Bertz CT molecular complexity index is 677. The molecular formula is C19H28N4O4. The van der Waals surface area contributed by atoms with E-state index >= 15 is 0 Å². The SMILES string of the molecule is O=C(CN1CCOCC1)NC1CCc2onc(C(=O)NC3CCCC3)c2C1. The fourth-order valence-corrected chi connectivity index (χ4v) is 4.27. The van der Waals surface area contributed by atoms with Crippen LogP contribution in [-0.2, 0) is 22.4 Å². The number of carbonyl (C=O) groups excluding carboxylic acids is 2. The van der Waals surface area contributed by atoms with Gasteiger partial charge in [-0.3, -0.25) is 14.5 Å². The van der Waals surface area contributed by atoms with Crippen molar-refractivity contribution in [2.45, 2.75) is 57.0 Å². The van der Waals surface area contributed by atoms with Gasteiger partial charge in [-0.05, 0) is 25.7 Å². The van der Waals surface area contributed by atoms with Crippen LogP contribution in [0.5, 0.6) is 0 Å². The summed E-state index contributed by atoms with van der Waals surface area (Å²) < 4.78 is 10.7. The van der Waals surface area contributed by atoms with Crippen molar-refractivity contribution in [2.24, 2.45) is 0 Å². The summed E-state index contributed by atoms with van der Waals surface area (Å²) >= 11 is 0. The largest absolute Gasteiger partial charge is 0.379 e. The van der Waals surface area contributed by atoms with Gasteiger partial charge in [-0.1, -0.05) is 18.0 Å². The van der Waals surface area contributed by atoms with E-state index < -0.39 is 0 Å². The molecule has 1 aromatic heterocycles. The summed E-state index contributed by atoms with van der Waals surface area (Å²) in [7, 11) is 0. The third kappa shape index (κ3) is 4.50. The van der Waals surface area contributed by atoms with Crippen LogP contribution in [0.1, 0.15) is 53.9 Å². The van der Waals surface area contributed by atoms with Gasteiger partial charge >= 0.3 is 0 Å². The van der Waals surface area contributed by atoms with Gasteiger partial charge in [-0.2, -0.15) is 0 Å². The van der Waals surface area contributed by atoms with Crippen molar-refractivity contribution >= 4 is 11.8 Å². The smallest absolute Gasteiger partial charge is 0.273 e. The van der Waals surface area contributed by atoms with E-state index in [1.165, 1.54) is 12.8 Å². The minimum absolute atomic E-state index is 0.0171. The van der Waals surface area contributed by atoms with E-state index in [2.05, 4.69) is 20.7 Å². The molecule has 1 aliphatic heterocycles. The standard InChI is InChI=1S/C19H28N4O4/c24-17(12-23-7-9-26-10-8-23)20-14-5-6-16-15(11-14)18(22-27-16)19(25)21-13-3-1-2-4-13/h13-14H,1-12H2,(H,20,24)(H,21,25). The second-order valence-corrected chi connectivity index (χ2v) is 7.78. The number of morpholine rings is 1. The Kier molecular flexibility index (Phi) is 5.73. The molecule has 1 atom stereocenters. The second kappa shape index (κ2) is 8.39. The molecule has 8 nitrogen and oxygen atoms in total. The van der Waals surface area contributed by atoms with E-state index in [1.54, 1.807) is 0 Å². The maximum Gasteiger partial charge on any atom is 0.273 e. The van der Waals surface area contributed by atoms with E-state index in [0.717, 1.165) is 43.7 Å². The van der Waals surface area contributed by atoms with E-state index in [4.69, 9.17) is 9.26 Å². The summed E-state index contributed by atoms with van der Waals surface area (Å²) in [4.78, 5) is 27.1. The quantitative estimate of drug-likeness (QED) is 0.783. The lowest BCUT2D eigenvalue weighted by molar-refractivity contribution is -0.124. The number of nitrogens with zero attached hydrogens (tertiary/aromatic N) is 2. The van der Waals surface area contributed by atoms with Gasteiger partial charge in [0.1, 0.15) is 5.76 Å². The summed E-state index contributed by atoms with van der Waals surface area (Å²) in [6.45, 7) is 3.34. The number of rotatable bonds is 5. The maximum atomic E-state index is 12.6. The summed E-state index contributed by atoms with van der Waals surface area (Å²) in [5.41, 5.74) is 1.25. The highest BCUT2D eigenvalue weighted by molar-refractivity contribution is 5.94. The van der Waals surface area contributed by atoms with Crippen LogP contribution in [0.25, 0.3) is 0 Å². The number of amides is 2. The first-order valence-electron chi connectivity index (χ1n) is 10.1. The molecule has 0 radical (unpaired) electrons. The highest BCUT2D eigenvalue weighted by Gasteiger charge is 2.30. The topological polar surface area (TPSA) is 96.7 Å². The molecule has 2 heterocycles. The molecule has 0 bridgehead atoms. The molecular weight excluding hydrogens is 348 g/mol. The number of aromatic nitrogens is 1. The van der Waals surface area contributed by atoms with E-state index in [-0.39, 0.29) is 23.9 Å².